The third kappa shape index (κ3) is 4.35. The van der Waals surface area contributed by atoms with E-state index in [9.17, 15) is 9.90 Å². The van der Waals surface area contributed by atoms with Crippen molar-refractivity contribution in [1.29, 1.82) is 0 Å². The molecule has 2 heterocycles. The summed E-state index contributed by atoms with van der Waals surface area (Å²) in [6.45, 7) is 7.21. The molecule has 0 atom stereocenters. The van der Waals surface area contributed by atoms with Gasteiger partial charge in [0.05, 0.1) is 0 Å². The normalized spacial score (nSPS) is 10.5. The standard InChI is InChI=1S/C19H18N4O4/c1-10-8-11(2)21-18(20-10)26-14-6-5-7-15(16(14)17(24)25)27-19-22-12(3)9-13(4)23-19/h5-9H,1-4H3,(H,24,25). The molecule has 27 heavy (non-hydrogen) atoms. The molecule has 0 saturated heterocycles. The van der Waals surface area contributed by atoms with Crippen molar-refractivity contribution in [3.05, 3.63) is 58.7 Å². The summed E-state index contributed by atoms with van der Waals surface area (Å²) >= 11 is 0. The molecule has 8 heteroatoms. The summed E-state index contributed by atoms with van der Waals surface area (Å²) in [7, 11) is 0. The number of hydrogen-bond acceptors (Lipinski definition) is 7. The highest BCUT2D eigenvalue weighted by Gasteiger charge is 2.21. The fourth-order valence-electron chi connectivity index (χ4n) is 2.57. The first-order valence-corrected chi connectivity index (χ1v) is 8.18. The number of benzene rings is 1. The second-order valence-corrected chi connectivity index (χ2v) is 6.01. The summed E-state index contributed by atoms with van der Waals surface area (Å²) in [5.41, 5.74) is 2.69. The Bertz CT molecular complexity index is 908. The Hall–Kier alpha value is -3.55. The number of hydrogen-bond donors (Lipinski definition) is 1. The summed E-state index contributed by atoms with van der Waals surface area (Å²) in [6, 6.07) is 8.36. The molecule has 0 aliphatic carbocycles. The van der Waals surface area contributed by atoms with Crippen molar-refractivity contribution >= 4 is 5.97 Å². The van der Waals surface area contributed by atoms with Gasteiger partial charge >= 0.3 is 18.0 Å². The Morgan fingerprint density at radius 1 is 0.778 bits per heavy atom. The van der Waals surface area contributed by atoms with E-state index in [2.05, 4.69) is 19.9 Å². The summed E-state index contributed by atoms with van der Waals surface area (Å²) in [5, 5.41) is 9.68. The van der Waals surface area contributed by atoms with Crippen LogP contribution in [0, 0.1) is 27.7 Å². The Labute approximate surface area is 155 Å². The molecule has 0 spiro atoms. The number of aryl methyl sites for hydroxylation is 4. The predicted octanol–water partition coefficient (Wildman–Crippen LogP) is 3.78. The second kappa shape index (κ2) is 7.36. The first kappa shape index (κ1) is 18.2. The summed E-state index contributed by atoms with van der Waals surface area (Å²) in [6.07, 6.45) is 0. The highest BCUT2D eigenvalue weighted by Crippen LogP contribution is 2.33. The van der Waals surface area contributed by atoms with Crippen LogP contribution >= 0.6 is 0 Å². The molecule has 138 valence electrons. The van der Waals surface area contributed by atoms with Crippen LogP contribution in [-0.2, 0) is 0 Å². The molecular formula is C19H18N4O4. The first-order valence-electron chi connectivity index (χ1n) is 8.18. The number of aromatic nitrogens is 4. The quantitative estimate of drug-likeness (QED) is 0.727. The Morgan fingerprint density at radius 3 is 1.48 bits per heavy atom. The van der Waals surface area contributed by atoms with Gasteiger partial charge in [-0.05, 0) is 52.0 Å². The zero-order chi connectivity index (χ0) is 19.6. The lowest BCUT2D eigenvalue weighted by Gasteiger charge is -2.12. The molecule has 1 aromatic carbocycles. The van der Waals surface area contributed by atoms with Gasteiger partial charge in [-0.3, -0.25) is 0 Å². The molecular weight excluding hydrogens is 348 g/mol. The molecule has 1 N–H and O–H groups in total. The van der Waals surface area contributed by atoms with Crippen molar-refractivity contribution in [3.63, 3.8) is 0 Å². The molecule has 0 saturated carbocycles. The first-order chi connectivity index (χ1) is 12.8. The van der Waals surface area contributed by atoms with Crippen LogP contribution in [0.3, 0.4) is 0 Å². The van der Waals surface area contributed by atoms with Crippen LogP contribution in [0.25, 0.3) is 0 Å². The van der Waals surface area contributed by atoms with E-state index in [0.717, 1.165) is 0 Å². The molecule has 2 aromatic heterocycles. The van der Waals surface area contributed by atoms with Gasteiger partial charge in [-0.15, -0.1) is 0 Å². The van der Waals surface area contributed by atoms with Gasteiger partial charge in [0.15, 0.2) is 0 Å². The molecule has 3 rings (SSSR count). The van der Waals surface area contributed by atoms with Crippen molar-refractivity contribution in [2.24, 2.45) is 0 Å². The molecule has 0 aliphatic heterocycles. The molecule has 0 bridgehead atoms. The average molecular weight is 366 g/mol. The largest absolute Gasteiger partial charge is 0.477 e. The van der Waals surface area contributed by atoms with Crippen LogP contribution in [-0.4, -0.2) is 31.0 Å². The minimum atomic E-state index is -1.21. The zero-order valence-corrected chi connectivity index (χ0v) is 15.3. The zero-order valence-electron chi connectivity index (χ0n) is 15.3. The van der Waals surface area contributed by atoms with E-state index in [1.165, 1.54) is 12.1 Å². The van der Waals surface area contributed by atoms with Crippen LogP contribution in [0.4, 0.5) is 0 Å². The third-order valence-electron chi connectivity index (χ3n) is 3.53. The Kier molecular flexibility index (Phi) is 4.98. The summed E-state index contributed by atoms with van der Waals surface area (Å²) in [4.78, 5) is 28.5. The molecule has 0 aliphatic rings. The van der Waals surface area contributed by atoms with Gasteiger partial charge in [0.1, 0.15) is 17.1 Å². The number of ether oxygens (including phenoxy) is 2. The fourth-order valence-corrected chi connectivity index (χ4v) is 2.57. The van der Waals surface area contributed by atoms with Crippen molar-refractivity contribution in [2.75, 3.05) is 0 Å². The lowest BCUT2D eigenvalue weighted by molar-refractivity contribution is 0.0691. The maximum atomic E-state index is 11.8. The van der Waals surface area contributed by atoms with E-state index in [-0.39, 0.29) is 29.1 Å². The van der Waals surface area contributed by atoms with Crippen molar-refractivity contribution in [3.8, 4) is 23.5 Å². The maximum absolute atomic E-state index is 11.8. The van der Waals surface area contributed by atoms with E-state index in [1.807, 2.05) is 0 Å². The Balaban J connectivity index is 2.00. The molecule has 0 unspecified atom stereocenters. The number of nitrogens with zero attached hydrogens (tertiary/aromatic N) is 4. The number of rotatable bonds is 5. The number of carbonyl (C=O) groups is 1. The van der Waals surface area contributed by atoms with Crippen molar-refractivity contribution in [2.45, 2.75) is 27.7 Å². The Morgan fingerprint density at radius 2 is 1.15 bits per heavy atom. The third-order valence-corrected chi connectivity index (χ3v) is 3.53. The molecule has 8 nitrogen and oxygen atoms in total. The van der Waals surface area contributed by atoms with E-state index in [4.69, 9.17) is 9.47 Å². The topological polar surface area (TPSA) is 107 Å². The smallest absolute Gasteiger partial charge is 0.343 e. The highest BCUT2D eigenvalue weighted by molar-refractivity contribution is 5.94. The predicted molar refractivity (Wildman–Crippen MR) is 96.6 cm³/mol. The molecule has 0 fully saturated rings. The van der Waals surface area contributed by atoms with Crippen molar-refractivity contribution in [1.82, 2.24) is 19.9 Å². The van der Waals surface area contributed by atoms with Gasteiger partial charge in [-0.1, -0.05) is 6.07 Å². The number of aromatic carboxylic acids is 1. The number of carboxylic acids is 1. The van der Waals surface area contributed by atoms with Crippen molar-refractivity contribution < 1.29 is 19.4 Å². The fraction of sp³-hybridized carbons (Fsp3) is 0.211. The molecule has 0 radical (unpaired) electrons. The van der Waals surface area contributed by atoms with Crippen LogP contribution < -0.4 is 9.47 Å². The highest BCUT2D eigenvalue weighted by atomic mass is 16.5. The minimum absolute atomic E-state index is 0.0642. The van der Waals surface area contributed by atoms with Gasteiger partial charge in [-0.25, -0.2) is 24.7 Å². The van der Waals surface area contributed by atoms with E-state index in [0.29, 0.717) is 22.8 Å². The summed E-state index contributed by atoms with van der Waals surface area (Å²) in [5.74, 6) is -1.09. The van der Waals surface area contributed by atoms with Gasteiger partial charge in [0, 0.05) is 22.8 Å². The SMILES string of the molecule is Cc1cc(C)nc(Oc2cccc(Oc3nc(C)cc(C)n3)c2C(=O)O)n1. The lowest BCUT2D eigenvalue weighted by atomic mass is 10.2. The van der Waals surface area contributed by atoms with Crippen LogP contribution in [0.1, 0.15) is 33.1 Å². The van der Waals surface area contributed by atoms with E-state index < -0.39 is 5.97 Å². The van der Waals surface area contributed by atoms with Crippen LogP contribution in [0.15, 0.2) is 30.3 Å². The van der Waals surface area contributed by atoms with Gasteiger partial charge < -0.3 is 14.6 Å². The minimum Gasteiger partial charge on any atom is -0.477 e. The van der Waals surface area contributed by atoms with E-state index in [1.54, 1.807) is 45.9 Å². The van der Waals surface area contributed by atoms with Crippen LogP contribution in [0.5, 0.6) is 23.5 Å². The maximum Gasteiger partial charge on any atom is 0.343 e. The average Bonchev–Trinajstić information content (AvgIpc) is 2.52. The monoisotopic (exact) mass is 366 g/mol. The lowest BCUT2D eigenvalue weighted by Crippen LogP contribution is -2.06. The molecule has 3 aromatic rings. The summed E-state index contributed by atoms with van der Waals surface area (Å²) < 4.78 is 11.3. The van der Waals surface area contributed by atoms with E-state index >= 15 is 0 Å². The van der Waals surface area contributed by atoms with Gasteiger partial charge in [0.2, 0.25) is 0 Å². The molecule has 0 amide bonds. The van der Waals surface area contributed by atoms with Gasteiger partial charge in [-0.2, -0.15) is 0 Å². The van der Waals surface area contributed by atoms with Crippen LogP contribution in [0.2, 0.25) is 0 Å². The second-order valence-electron chi connectivity index (χ2n) is 6.01. The number of carboxylic acid groups (broad SMARTS) is 1. The van der Waals surface area contributed by atoms with Gasteiger partial charge in [0.25, 0.3) is 0 Å².